The molecule has 28 heavy (non-hydrogen) atoms. The van der Waals surface area contributed by atoms with Crippen molar-refractivity contribution in [3.63, 3.8) is 0 Å². The van der Waals surface area contributed by atoms with Gasteiger partial charge in [-0.25, -0.2) is 0 Å². The Morgan fingerprint density at radius 2 is 1.96 bits per heavy atom. The van der Waals surface area contributed by atoms with Crippen LogP contribution in [0.3, 0.4) is 0 Å². The van der Waals surface area contributed by atoms with Crippen LogP contribution >= 0.6 is 0 Å². The molecule has 1 saturated carbocycles. The van der Waals surface area contributed by atoms with E-state index in [1.165, 1.54) is 0 Å². The third-order valence-electron chi connectivity index (χ3n) is 7.73. The first-order valence-electron chi connectivity index (χ1n) is 10.1. The van der Waals surface area contributed by atoms with Crippen molar-refractivity contribution in [2.75, 3.05) is 0 Å². The number of nitrogens with zero attached hydrogens (tertiary/aromatic N) is 1. The van der Waals surface area contributed by atoms with E-state index < -0.39 is 16.8 Å². The molecule has 3 aliphatic rings. The summed E-state index contributed by atoms with van der Waals surface area (Å²) in [5.41, 5.74) is -0.173. The van der Waals surface area contributed by atoms with Gasteiger partial charge in [-0.15, -0.1) is 0 Å². The zero-order chi connectivity index (χ0) is 20.9. The van der Waals surface area contributed by atoms with Crippen molar-refractivity contribution in [1.82, 2.24) is 0 Å². The Morgan fingerprint density at radius 1 is 1.29 bits per heavy atom. The van der Waals surface area contributed by atoms with Gasteiger partial charge in [0.25, 0.3) is 0 Å². The molecule has 0 radical (unpaired) electrons. The SMILES string of the molecule is CC1(C)C(=O)C(C#N)=C[C@]2(C)C3=CC(=O)C[C@@H](CCCC(=O)O)[C@]3(C)CC[C@@H]12. The Bertz CT molecular complexity index is 843. The van der Waals surface area contributed by atoms with E-state index in [9.17, 15) is 19.6 Å². The Kier molecular flexibility index (Phi) is 4.90. The van der Waals surface area contributed by atoms with E-state index in [1.807, 2.05) is 13.8 Å². The number of hydrogen-bond donors (Lipinski definition) is 1. The Hall–Kier alpha value is -2.22. The lowest BCUT2D eigenvalue weighted by Crippen LogP contribution is -2.55. The van der Waals surface area contributed by atoms with Crippen LogP contribution in [0.5, 0.6) is 0 Å². The lowest BCUT2D eigenvalue weighted by Gasteiger charge is -2.59. The third kappa shape index (κ3) is 2.94. The maximum atomic E-state index is 12.8. The number of ketones is 2. The summed E-state index contributed by atoms with van der Waals surface area (Å²) in [4.78, 5) is 36.4. The molecule has 0 aromatic carbocycles. The van der Waals surface area contributed by atoms with Crippen LogP contribution in [0.15, 0.2) is 23.3 Å². The van der Waals surface area contributed by atoms with Gasteiger partial charge >= 0.3 is 5.97 Å². The zero-order valence-electron chi connectivity index (χ0n) is 17.2. The highest BCUT2D eigenvalue weighted by Gasteiger charge is 2.60. The largest absolute Gasteiger partial charge is 0.481 e. The molecule has 3 rings (SSSR count). The number of carboxylic acids is 1. The summed E-state index contributed by atoms with van der Waals surface area (Å²) < 4.78 is 0. The van der Waals surface area contributed by atoms with Crippen LogP contribution in [-0.4, -0.2) is 22.6 Å². The van der Waals surface area contributed by atoms with Crippen molar-refractivity contribution in [3.05, 3.63) is 23.3 Å². The quantitative estimate of drug-likeness (QED) is 0.783. The number of fused-ring (bicyclic) bond motifs is 3. The molecule has 0 bridgehead atoms. The van der Waals surface area contributed by atoms with Crippen molar-refractivity contribution in [2.45, 2.75) is 66.2 Å². The van der Waals surface area contributed by atoms with Crippen LogP contribution in [0.1, 0.15) is 66.2 Å². The van der Waals surface area contributed by atoms with Crippen LogP contribution in [0.25, 0.3) is 0 Å². The molecule has 0 aliphatic heterocycles. The number of carbonyl (C=O) groups excluding carboxylic acids is 2. The van der Waals surface area contributed by atoms with Gasteiger partial charge in [-0.2, -0.15) is 5.26 Å². The van der Waals surface area contributed by atoms with E-state index in [4.69, 9.17) is 5.11 Å². The van der Waals surface area contributed by atoms with Crippen molar-refractivity contribution in [3.8, 4) is 6.07 Å². The number of carboxylic acid groups (broad SMARTS) is 1. The highest BCUT2D eigenvalue weighted by atomic mass is 16.4. The molecule has 0 aromatic heterocycles. The number of carbonyl (C=O) groups is 3. The van der Waals surface area contributed by atoms with Crippen LogP contribution in [0.4, 0.5) is 0 Å². The molecule has 0 saturated heterocycles. The number of hydrogen-bond acceptors (Lipinski definition) is 4. The van der Waals surface area contributed by atoms with Gasteiger partial charge in [-0.1, -0.05) is 39.3 Å². The summed E-state index contributed by atoms with van der Waals surface area (Å²) in [7, 11) is 0. The molecule has 1 N–H and O–H groups in total. The molecule has 0 aromatic rings. The third-order valence-corrected chi connectivity index (χ3v) is 7.73. The fourth-order valence-electron chi connectivity index (χ4n) is 6.28. The Labute approximate surface area is 166 Å². The van der Waals surface area contributed by atoms with Crippen LogP contribution in [0.2, 0.25) is 0 Å². The van der Waals surface area contributed by atoms with Gasteiger partial charge in [0.15, 0.2) is 11.6 Å². The highest BCUT2D eigenvalue weighted by molar-refractivity contribution is 6.04. The van der Waals surface area contributed by atoms with Gasteiger partial charge in [0.05, 0.1) is 5.57 Å². The number of allylic oxidation sites excluding steroid dienone is 4. The average Bonchev–Trinajstić information content (AvgIpc) is 2.60. The van der Waals surface area contributed by atoms with Gasteiger partial charge in [0.2, 0.25) is 0 Å². The van der Waals surface area contributed by atoms with Gasteiger partial charge in [0.1, 0.15) is 6.07 Å². The van der Waals surface area contributed by atoms with Gasteiger partial charge in [0, 0.05) is 23.7 Å². The fourth-order valence-corrected chi connectivity index (χ4v) is 6.28. The topological polar surface area (TPSA) is 95.2 Å². The first-order chi connectivity index (χ1) is 13.0. The summed E-state index contributed by atoms with van der Waals surface area (Å²) in [6.07, 6.45) is 7.09. The molecular weight excluding hydrogens is 354 g/mol. The first-order valence-corrected chi connectivity index (χ1v) is 10.1. The molecule has 0 spiro atoms. The van der Waals surface area contributed by atoms with Crippen LogP contribution in [0, 0.1) is 39.4 Å². The van der Waals surface area contributed by atoms with E-state index in [0.717, 1.165) is 18.4 Å². The number of nitriles is 1. The summed E-state index contributed by atoms with van der Waals surface area (Å²) >= 11 is 0. The van der Waals surface area contributed by atoms with E-state index in [1.54, 1.807) is 12.2 Å². The van der Waals surface area contributed by atoms with E-state index in [-0.39, 0.29) is 40.8 Å². The van der Waals surface area contributed by atoms with Crippen molar-refractivity contribution >= 4 is 17.5 Å². The van der Waals surface area contributed by atoms with Gasteiger partial charge in [-0.05, 0) is 49.0 Å². The molecular formula is C23H29NO4. The number of Topliss-reactive ketones (excluding diaryl/α,β-unsaturated/α-hetero) is 1. The normalized spacial score (nSPS) is 36.5. The Balaban J connectivity index is 2.06. The lowest BCUT2D eigenvalue weighted by molar-refractivity contribution is -0.137. The molecule has 0 unspecified atom stereocenters. The maximum absolute atomic E-state index is 12.8. The van der Waals surface area contributed by atoms with Crippen molar-refractivity contribution in [2.24, 2.45) is 28.1 Å². The smallest absolute Gasteiger partial charge is 0.303 e. The molecule has 1 fully saturated rings. The van der Waals surface area contributed by atoms with E-state index >= 15 is 0 Å². The summed E-state index contributed by atoms with van der Waals surface area (Å²) in [6, 6.07) is 2.08. The van der Waals surface area contributed by atoms with E-state index in [2.05, 4.69) is 19.9 Å². The number of aliphatic carboxylic acids is 1. The predicted molar refractivity (Wildman–Crippen MR) is 104 cm³/mol. The zero-order valence-corrected chi connectivity index (χ0v) is 17.2. The summed E-state index contributed by atoms with van der Waals surface area (Å²) in [6.45, 7) is 8.09. The molecule has 3 aliphatic carbocycles. The van der Waals surface area contributed by atoms with Gasteiger partial charge < -0.3 is 5.11 Å². The lowest BCUT2D eigenvalue weighted by atomic mass is 9.43. The Morgan fingerprint density at radius 3 is 2.57 bits per heavy atom. The number of rotatable bonds is 4. The van der Waals surface area contributed by atoms with Crippen LogP contribution < -0.4 is 0 Å². The van der Waals surface area contributed by atoms with Crippen LogP contribution in [-0.2, 0) is 14.4 Å². The summed E-state index contributed by atoms with van der Waals surface area (Å²) in [5.74, 6) is -0.725. The van der Waals surface area contributed by atoms with Crippen molar-refractivity contribution in [1.29, 1.82) is 5.26 Å². The standard InChI is InChI=1S/C23H29NO4/c1-21(2)17-8-9-22(3)15(6-5-7-19(26)27)10-16(25)11-18(22)23(17,4)12-14(13-24)20(21)28/h11-12,15,17H,5-10H2,1-4H3,(H,26,27)/t15-,17+,22+,23+/m1/s1. The second-order valence-electron chi connectivity index (χ2n) is 9.72. The second kappa shape index (κ2) is 6.69. The minimum absolute atomic E-state index is 0.0366. The monoisotopic (exact) mass is 383 g/mol. The molecule has 4 atom stereocenters. The molecule has 5 nitrogen and oxygen atoms in total. The fraction of sp³-hybridized carbons (Fsp3) is 0.652. The average molecular weight is 383 g/mol. The summed E-state index contributed by atoms with van der Waals surface area (Å²) in [5, 5.41) is 18.5. The predicted octanol–water partition coefficient (Wildman–Crippen LogP) is 4.24. The molecule has 0 heterocycles. The second-order valence-corrected chi connectivity index (χ2v) is 9.72. The maximum Gasteiger partial charge on any atom is 0.303 e. The minimum Gasteiger partial charge on any atom is -0.481 e. The van der Waals surface area contributed by atoms with E-state index in [0.29, 0.717) is 19.3 Å². The van der Waals surface area contributed by atoms with Crippen molar-refractivity contribution < 1.29 is 19.5 Å². The highest BCUT2D eigenvalue weighted by Crippen LogP contribution is 2.65. The molecule has 5 heteroatoms. The minimum atomic E-state index is -0.812. The molecule has 150 valence electrons. The first kappa shape index (κ1) is 20.5. The molecule has 0 amide bonds. The van der Waals surface area contributed by atoms with Gasteiger partial charge in [-0.3, -0.25) is 14.4 Å².